The molecule has 0 saturated carbocycles. The first kappa shape index (κ1) is 12.1. The van der Waals surface area contributed by atoms with Gasteiger partial charge in [-0.1, -0.05) is 31.4 Å². The van der Waals surface area contributed by atoms with Gasteiger partial charge in [0.25, 0.3) is 0 Å². The molecule has 1 amide bonds. The molecule has 1 saturated heterocycles. The van der Waals surface area contributed by atoms with Crippen molar-refractivity contribution in [3.05, 3.63) is 35.4 Å². The van der Waals surface area contributed by atoms with Gasteiger partial charge in [0, 0.05) is 11.6 Å². The van der Waals surface area contributed by atoms with Crippen molar-refractivity contribution in [2.24, 2.45) is 5.73 Å². The Morgan fingerprint density at radius 3 is 2.53 bits per heavy atom. The van der Waals surface area contributed by atoms with E-state index in [2.05, 4.69) is 5.32 Å². The van der Waals surface area contributed by atoms with Crippen molar-refractivity contribution in [1.29, 1.82) is 0 Å². The van der Waals surface area contributed by atoms with E-state index in [0.29, 0.717) is 11.6 Å². The third-order valence-corrected chi connectivity index (χ3v) is 3.41. The average molecular weight is 232 g/mol. The number of primary amides is 1. The van der Waals surface area contributed by atoms with Crippen LogP contribution in [0.4, 0.5) is 0 Å². The van der Waals surface area contributed by atoms with Crippen LogP contribution in [0.2, 0.25) is 0 Å². The van der Waals surface area contributed by atoms with Crippen LogP contribution < -0.4 is 11.1 Å². The van der Waals surface area contributed by atoms with Crippen LogP contribution in [0.5, 0.6) is 0 Å². The molecular weight excluding hydrogens is 212 g/mol. The molecule has 3 heteroatoms. The first-order valence-corrected chi connectivity index (χ1v) is 6.40. The Bertz CT molecular complexity index is 364. The summed E-state index contributed by atoms with van der Waals surface area (Å²) < 4.78 is 0. The van der Waals surface area contributed by atoms with Gasteiger partial charge in [-0.15, -0.1) is 0 Å². The topological polar surface area (TPSA) is 55.1 Å². The molecule has 92 valence electrons. The minimum absolute atomic E-state index is 0.359. The van der Waals surface area contributed by atoms with E-state index in [1.165, 1.54) is 37.7 Å². The van der Waals surface area contributed by atoms with Gasteiger partial charge in [-0.3, -0.25) is 4.79 Å². The summed E-state index contributed by atoms with van der Waals surface area (Å²) in [7, 11) is 0. The molecule has 1 aliphatic rings. The Morgan fingerprint density at radius 2 is 1.82 bits per heavy atom. The van der Waals surface area contributed by atoms with Gasteiger partial charge in [-0.25, -0.2) is 0 Å². The van der Waals surface area contributed by atoms with Crippen LogP contribution in [0.1, 0.15) is 54.1 Å². The van der Waals surface area contributed by atoms with E-state index < -0.39 is 0 Å². The predicted octanol–water partition coefficient (Wildman–Crippen LogP) is 2.38. The number of carbonyl (C=O) groups is 1. The Kier molecular flexibility index (Phi) is 4.15. The molecule has 0 aliphatic carbocycles. The third-order valence-electron chi connectivity index (χ3n) is 3.41. The summed E-state index contributed by atoms with van der Waals surface area (Å²) in [4.78, 5) is 11.0. The first-order valence-electron chi connectivity index (χ1n) is 6.40. The predicted molar refractivity (Wildman–Crippen MR) is 68.8 cm³/mol. The second-order valence-corrected chi connectivity index (χ2v) is 4.70. The number of nitrogens with two attached hydrogens (primary N) is 1. The number of nitrogens with one attached hydrogen (secondary N) is 1. The Hall–Kier alpha value is -1.35. The van der Waals surface area contributed by atoms with Gasteiger partial charge in [0.15, 0.2) is 0 Å². The molecule has 0 bridgehead atoms. The van der Waals surface area contributed by atoms with Crippen molar-refractivity contribution in [2.75, 3.05) is 6.54 Å². The molecule has 1 aromatic rings. The molecular formula is C14H20N2O. The van der Waals surface area contributed by atoms with Gasteiger partial charge in [0.2, 0.25) is 5.91 Å². The van der Waals surface area contributed by atoms with Crippen molar-refractivity contribution in [2.45, 2.75) is 38.1 Å². The summed E-state index contributed by atoms with van der Waals surface area (Å²) in [5, 5.41) is 3.57. The zero-order valence-electron chi connectivity index (χ0n) is 10.1. The minimum atomic E-state index is -0.359. The molecule has 17 heavy (non-hydrogen) atoms. The van der Waals surface area contributed by atoms with Crippen molar-refractivity contribution in [1.82, 2.24) is 5.32 Å². The summed E-state index contributed by atoms with van der Waals surface area (Å²) in [6.45, 7) is 1.09. The molecule has 1 unspecified atom stereocenters. The van der Waals surface area contributed by atoms with E-state index >= 15 is 0 Å². The lowest BCUT2D eigenvalue weighted by atomic mass is 9.97. The Morgan fingerprint density at radius 1 is 1.12 bits per heavy atom. The number of hydrogen-bond acceptors (Lipinski definition) is 2. The van der Waals surface area contributed by atoms with Crippen molar-refractivity contribution >= 4 is 5.91 Å². The monoisotopic (exact) mass is 232 g/mol. The van der Waals surface area contributed by atoms with Gasteiger partial charge >= 0.3 is 0 Å². The molecule has 2 rings (SSSR count). The molecule has 1 aromatic carbocycles. The summed E-state index contributed by atoms with van der Waals surface area (Å²) in [6.07, 6.45) is 6.37. The number of benzene rings is 1. The fraction of sp³-hybridized carbons (Fsp3) is 0.500. The molecule has 0 radical (unpaired) electrons. The highest BCUT2D eigenvalue weighted by atomic mass is 16.1. The molecule has 1 atom stereocenters. The van der Waals surface area contributed by atoms with Crippen molar-refractivity contribution in [3.63, 3.8) is 0 Å². The highest BCUT2D eigenvalue weighted by Crippen LogP contribution is 2.22. The lowest BCUT2D eigenvalue weighted by molar-refractivity contribution is 0.100. The van der Waals surface area contributed by atoms with E-state index in [0.717, 1.165) is 6.54 Å². The third kappa shape index (κ3) is 3.30. The lowest BCUT2D eigenvalue weighted by Gasteiger charge is -2.21. The quantitative estimate of drug-likeness (QED) is 0.822. The van der Waals surface area contributed by atoms with Gasteiger partial charge in [-0.2, -0.15) is 0 Å². The molecule has 3 nitrogen and oxygen atoms in total. The van der Waals surface area contributed by atoms with Crippen LogP contribution in [0.3, 0.4) is 0 Å². The molecule has 3 N–H and O–H groups in total. The van der Waals surface area contributed by atoms with Crippen LogP contribution in [0, 0.1) is 0 Å². The number of rotatable bonds is 2. The molecule has 1 aliphatic heterocycles. The summed E-state index contributed by atoms with van der Waals surface area (Å²) in [5.41, 5.74) is 7.08. The molecule has 1 fully saturated rings. The second kappa shape index (κ2) is 5.82. The smallest absolute Gasteiger partial charge is 0.248 e. The largest absolute Gasteiger partial charge is 0.366 e. The van der Waals surface area contributed by atoms with E-state index in [-0.39, 0.29) is 5.91 Å². The van der Waals surface area contributed by atoms with Crippen LogP contribution in [-0.2, 0) is 0 Å². The maximum atomic E-state index is 11.0. The zero-order chi connectivity index (χ0) is 12.1. The molecule has 0 aromatic heterocycles. The van der Waals surface area contributed by atoms with Crippen LogP contribution in [0.15, 0.2) is 24.3 Å². The van der Waals surface area contributed by atoms with Gasteiger partial charge in [0.1, 0.15) is 0 Å². The van der Waals surface area contributed by atoms with Crippen molar-refractivity contribution < 1.29 is 4.79 Å². The van der Waals surface area contributed by atoms with Gasteiger partial charge in [-0.05, 0) is 37.1 Å². The SMILES string of the molecule is NC(=O)c1ccc(C2CCCCCCN2)cc1. The number of carbonyl (C=O) groups excluding carboxylic acids is 1. The normalized spacial score (nSPS) is 21.5. The fourth-order valence-electron chi connectivity index (χ4n) is 2.37. The first-order chi connectivity index (χ1) is 8.27. The number of hydrogen-bond donors (Lipinski definition) is 2. The summed E-state index contributed by atoms with van der Waals surface area (Å²) in [6, 6.07) is 8.09. The van der Waals surface area contributed by atoms with Crippen LogP contribution in [0.25, 0.3) is 0 Å². The second-order valence-electron chi connectivity index (χ2n) is 4.70. The van der Waals surface area contributed by atoms with E-state index in [1.807, 2.05) is 24.3 Å². The van der Waals surface area contributed by atoms with E-state index in [9.17, 15) is 4.79 Å². The highest BCUT2D eigenvalue weighted by molar-refractivity contribution is 5.92. The average Bonchev–Trinajstić information content (AvgIpc) is 2.29. The standard InChI is InChI=1S/C14H20N2O/c15-14(17)12-8-6-11(7-9-12)13-5-3-1-2-4-10-16-13/h6-9,13,16H,1-5,10H2,(H2,15,17). The lowest BCUT2D eigenvalue weighted by Crippen LogP contribution is -2.24. The highest BCUT2D eigenvalue weighted by Gasteiger charge is 2.12. The van der Waals surface area contributed by atoms with Gasteiger partial charge in [0.05, 0.1) is 0 Å². The maximum Gasteiger partial charge on any atom is 0.248 e. The Labute approximate surface area is 102 Å². The number of amides is 1. The van der Waals surface area contributed by atoms with Gasteiger partial charge < -0.3 is 11.1 Å². The zero-order valence-corrected chi connectivity index (χ0v) is 10.1. The van der Waals surface area contributed by atoms with Crippen molar-refractivity contribution in [3.8, 4) is 0 Å². The fourth-order valence-corrected chi connectivity index (χ4v) is 2.37. The van der Waals surface area contributed by atoms with E-state index in [4.69, 9.17) is 5.73 Å². The van der Waals surface area contributed by atoms with E-state index in [1.54, 1.807) is 0 Å². The maximum absolute atomic E-state index is 11.0. The van der Waals surface area contributed by atoms with Crippen LogP contribution >= 0.6 is 0 Å². The summed E-state index contributed by atoms with van der Waals surface area (Å²) in [5.74, 6) is -0.359. The Balaban J connectivity index is 2.06. The summed E-state index contributed by atoms with van der Waals surface area (Å²) >= 11 is 0. The van der Waals surface area contributed by atoms with Crippen LogP contribution in [-0.4, -0.2) is 12.5 Å². The molecule has 1 heterocycles. The minimum Gasteiger partial charge on any atom is -0.366 e. The molecule has 0 spiro atoms.